The lowest BCUT2D eigenvalue weighted by Gasteiger charge is -2.39. The molecule has 286 valence electrons. The third-order valence-corrected chi connectivity index (χ3v) is 9.92. The van der Waals surface area contributed by atoms with E-state index >= 15 is 0 Å². The number of likely N-dealkylation sites (N-methyl/N-ethyl adjacent to an activating group) is 2. The Balaban J connectivity index is 2.21. The summed E-state index contributed by atoms with van der Waals surface area (Å²) >= 11 is 0. The first-order valence-electron chi connectivity index (χ1n) is 17.6. The van der Waals surface area contributed by atoms with Crippen molar-refractivity contribution in [1.82, 2.24) is 30.3 Å². The number of hydrogen-bond donors (Lipinski definition) is 3. The number of rotatable bonds is 22. The molecule has 3 N–H and O–H groups in total. The minimum Gasteiger partial charge on any atom is -0.447 e. The number of aliphatic hydroxyl groups is 1. The lowest BCUT2D eigenvalue weighted by atomic mass is 9.90. The highest BCUT2D eigenvalue weighted by atomic mass is 16.5. The van der Waals surface area contributed by atoms with E-state index in [4.69, 9.17) is 13.9 Å². The molecule has 2 rings (SSSR count). The van der Waals surface area contributed by atoms with Gasteiger partial charge in [-0.2, -0.15) is 0 Å². The van der Waals surface area contributed by atoms with E-state index in [1.54, 1.807) is 57.1 Å². The zero-order valence-corrected chi connectivity index (χ0v) is 31.7. The van der Waals surface area contributed by atoms with Gasteiger partial charge >= 0.3 is 0 Å². The van der Waals surface area contributed by atoms with Crippen LogP contribution < -0.4 is 10.6 Å². The number of amides is 4. The Morgan fingerprint density at radius 1 is 1.14 bits per heavy atom. The fourth-order valence-corrected chi connectivity index (χ4v) is 6.73. The number of ether oxygens (including phenoxy) is 2. The Kier molecular flexibility index (Phi) is 18.3. The van der Waals surface area contributed by atoms with Crippen LogP contribution in [0.25, 0.3) is 0 Å². The van der Waals surface area contributed by atoms with Crippen molar-refractivity contribution in [2.75, 3.05) is 55.1 Å². The second-order valence-electron chi connectivity index (χ2n) is 13.3. The smallest absolute Gasteiger partial charge is 0.242 e. The summed E-state index contributed by atoms with van der Waals surface area (Å²) in [7, 11) is 8.05. The fourth-order valence-electron chi connectivity index (χ4n) is 6.73. The van der Waals surface area contributed by atoms with Crippen molar-refractivity contribution in [2.45, 2.75) is 89.3 Å². The van der Waals surface area contributed by atoms with Gasteiger partial charge in [0, 0.05) is 34.2 Å². The number of nitrogens with zero attached hydrogens (tertiary/aromatic N) is 4. The predicted molar refractivity (Wildman–Crippen MR) is 194 cm³/mol. The Morgan fingerprint density at radius 3 is 2.37 bits per heavy atom. The average molecular weight is 717 g/mol. The number of aromatic nitrogens is 1. The van der Waals surface area contributed by atoms with E-state index < -0.39 is 42.2 Å². The first-order valence-corrected chi connectivity index (χ1v) is 17.6. The van der Waals surface area contributed by atoms with E-state index in [9.17, 15) is 24.3 Å². The number of carbonyl (C=O) groups excluding carboxylic acids is 4. The van der Waals surface area contributed by atoms with Crippen molar-refractivity contribution in [1.29, 1.82) is 0 Å². The molecule has 14 nitrogen and oxygen atoms in total. The number of carbonyl (C=O) groups is 4. The normalized spacial score (nSPS) is 19.0. The van der Waals surface area contributed by atoms with Crippen molar-refractivity contribution < 1.29 is 38.2 Å². The van der Waals surface area contributed by atoms with Crippen LogP contribution in [-0.4, -0.2) is 134 Å². The summed E-state index contributed by atoms with van der Waals surface area (Å²) in [5.74, 6) is -1.57. The molecule has 2 heterocycles. The van der Waals surface area contributed by atoms with Gasteiger partial charge in [-0.25, -0.2) is 4.98 Å². The number of methoxy groups -OCH3 is 2. The maximum atomic E-state index is 14.0. The third-order valence-electron chi connectivity index (χ3n) is 9.92. The maximum Gasteiger partial charge on any atom is 0.242 e. The molecular formula is C37H60N6O8. The van der Waals surface area contributed by atoms with Gasteiger partial charge in [0.2, 0.25) is 29.5 Å². The molecule has 8 atom stereocenters. The molecule has 0 aromatic carbocycles. The lowest BCUT2D eigenvalue weighted by Crippen LogP contribution is -2.55. The molecule has 1 aromatic heterocycles. The molecular weight excluding hydrogens is 656 g/mol. The van der Waals surface area contributed by atoms with E-state index in [-0.39, 0.29) is 49.3 Å². The Bertz CT molecular complexity index is 1320. The van der Waals surface area contributed by atoms with E-state index in [0.29, 0.717) is 31.7 Å². The third kappa shape index (κ3) is 11.8. The molecule has 1 aliphatic rings. The highest BCUT2D eigenvalue weighted by Crippen LogP contribution is 2.30. The van der Waals surface area contributed by atoms with E-state index in [1.807, 2.05) is 19.9 Å². The maximum absolute atomic E-state index is 14.0. The molecule has 51 heavy (non-hydrogen) atoms. The van der Waals surface area contributed by atoms with Crippen molar-refractivity contribution in [3.63, 3.8) is 0 Å². The minimum absolute atomic E-state index is 0.00240. The first-order chi connectivity index (χ1) is 24.3. The Hall–Kier alpha value is -3.85. The molecule has 8 unspecified atom stereocenters. The summed E-state index contributed by atoms with van der Waals surface area (Å²) in [5, 5.41) is 15.2. The number of aliphatic hydroxyl groups excluding tert-OH is 1. The van der Waals surface area contributed by atoms with Crippen molar-refractivity contribution in [2.24, 2.45) is 11.8 Å². The predicted octanol–water partition coefficient (Wildman–Crippen LogP) is 2.48. The lowest BCUT2D eigenvalue weighted by molar-refractivity contribution is -0.146. The van der Waals surface area contributed by atoms with Crippen molar-refractivity contribution in [3.8, 4) is 0 Å². The van der Waals surface area contributed by atoms with Gasteiger partial charge < -0.3 is 39.4 Å². The molecule has 0 saturated carbocycles. The molecule has 1 saturated heterocycles. The molecule has 0 aliphatic carbocycles. The second kappa shape index (κ2) is 21.5. The molecule has 14 heteroatoms. The number of oxazole rings is 1. The van der Waals surface area contributed by atoms with Crippen LogP contribution in [0.3, 0.4) is 0 Å². The van der Waals surface area contributed by atoms with Gasteiger partial charge in [-0.1, -0.05) is 58.6 Å². The van der Waals surface area contributed by atoms with E-state index in [0.717, 1.165) is 12.0 Å². The molecule has 1 aliphatic heterocycles. The highest BCUT2D eigenvalue weighted by Gasteiger charge is 2.42. The number of allylic oxidation sites excluding steroid dienone is 3. The van der Waals surface area contributed by atoms with Crippen LogP contribution in [0.5, 0.6) is 0 Å². The van der Waals surface area contributed by atoms with Gasteiger partial charge in [0.25, 0.3) is 0 Å². The molecule has 0 spiro atoms. The van der Waals surface area contributed by atoms with Crippen molar-refractivity contribution in [3.05, 3.63) is 55.3 Å². The summed E-state index contributed by atoms with van der Waals surface area (Å²) in [6.07, 6.45) is 9.37. The zero-order chi connectivity index (χ0) is 38.2. The van der Waals surface area contributed by atoms with Crippen LogP contribution in [0.2, 0.25) is 0 Å². The SMILES string of the molecule is C=C/C=C(\C=C)CC(NC(=O)C(C)C(OC)C1CCCN1C(=O)CC(OC)C(C(C)CC)N(C)C(=O)CNC(=O)C(CO)N(C)C)c1ncco1. The molecule has 0 radical (unpaired) electrons. The van der Waals surface area contributed by atoms with E-state index in [2.05, 4.69) is 28.8 Å². The summed E-state index contributed by atoms with van der Waals surface area (Å²) < 4.78 is 17.4. The average Bonchev–Trinajstić information content (AvgIpc) is 3.83. The number of likely N-dealkylation sites (tertiary alicyclic amines) is 1. The molecule has 1 aromatic rings. The highest BCUT2D eigenvalue weighted by molar-refractivity contribution is 5.87. The number of nitrogens with one attached hydrogen (secondary N) is 2. The Labute approximate surface area is 303 Å². The van der Waals surface area contributed by atoms with Crippen LogP contribution in [0.15, 0.2) is 53.8 Å². The topological polar surface area (TPSA) is 167 Å². The minimum atomic E-state index is -0.782. The van der Waals surface area contributed by atoms with Crippen LogP contribution in [-0.2, 0) is 28.7 Å². The largest absolute Gasteiger partial charge is 0.447 e. The number of hydrogen-bond acceptors (Lipinski definition) is 10. The monoisotopic (exact) mass is 716 g/mol. The quantitative estimate of drug-likeness (QED) is 0.152. The van der Waals surface area contributed by atoms with Gasteiger partial charge in [-0.15, -0.1) is 0 Å². The fraction of sp³-hybridized carbons (Fsp3) is 0.649. The first kappa shape index (κ1) is 43.3. The summed E-state index contributed by atoms with van der Waals surface area (Å²) in [6, 6.07) is -2.18. The van der Waals surface area contributed by atoms with Gasteiger partial charge in [0.05, 0.1) is 56.0 Å². The standard InChI is InChI=1S/C37H60N6O8/c1-11-15-26(13-3)20-27(37-38-17-19-51-37)40-35(47)25(5)34(50-10)28-16-14-18-43(28)31(45)21-30(49-9)33(24(4)12-2)42(8)32(46)22-39-36(48)29(23-44)41(6)7/h11,13,15,17,19,24-25,27-30,33-34,44H,1,3,12,14,16,18,20-23H2,2,4-10H3,(H,39,48)(H,40,47)/b26-15+. The summed E-state index contributed by atoms with van der Waals surface area (Å²) in [5.41, 5.74) is 0.845. The molecule has 4 amide bonds. The van der Waals surface area contributed by atoms with Crippen LogP contribution >= 0.6 is 0 Å². The Morgan fingerprint density at radius 2 is 1.84 bits per heavy atom. The van der Waals surface area contributed by atoms with Gasteiger partial charge in [-0.3, -0.25) is 24.1 Å². The molecule has 0 bridgehead atoms. The van der Waals surface area contributed by atoms with Crippen LogP contribution in [0.1, 0.15) is 64.8 Å². The second-order valence-corrected chi connectivity index (χ2v) is 13.3. The van der Waals surface area contributed by atoms with Gasteiger partial charge in [0.15, 0.2) is 0 Å². The summed E-state index contributed by atoms with van der Waals surface area (Å²) in [6.45, 7) is 13.2. The van der Waals surface area contributed by atoms with Crippen molar-refractivity contribution >= 4 is 23.6 Å². The summed E-state index contributed by atoms with van der Waals surface area (Å²) in [4.78, 5) is 62.8. The van der Waals surface area contributed by atoms with Gasteiger partial charge in [0.1, 0.15) is 18.3 Å². The van der Waals surface area contributed by atoms with E-state index in [1.165, 1.54) is 24.5 Å². The van der Waals surface area contributed by atoms with Crippen LogP contribution in [0.4, 0.5) is 0 Å². The van der Waals surface area contributed by atoms with Gasteiger partial charge in [-0.05, 0) is 38.4 Å². The zero-order valence-electron chi connectivity index (χ0n) is 31.7. The van der Waals surface area contributed by atoms with Crippen LogP contribution in [0, 0.1) is 11.8 Å². The molecule has 1 fully saturated rings.